The van der Waals surface area contributed by atoms with Crippen LogP contribution >= 0.6 is 0 Å². The highest BCUT2D eigenvalue weighted by molar-refractivity contribution is 5.94. The summed E-state index contributed by atoms with van der Waals surface area (Å²) in [6, 6.07) is 23.5. The van der Waals surface area contributed by atoms with Gasteiger partial charge in [0.15, 0.2) is 0 Å². The Morgan fingerprint density at radius 3 is 2.30 bits per heavy atom. The first-order chi connectivity index (χ1) is 18.2. The van der Waals surface area contributed by atoms with Gasteiger partial charge in [-0.05, 0) is 35.8 Å². The van der Waals surface area contributed by atoms with E-state index in [0.717, 1.165) is 36.4 Å². The van der Waals surface area contributed by atoms with Crippen LogP contribution < -0.4 is 0 Å². The summed E-state index contributed by atoms with van der Waals surface area (Å²) in [6.07, 6.45) is 5.69. The standard InChI is InChI=1S/C30H35N3O4/c34-29(14-13-26-8-3-1-4-9-26)33(18-17-31-19-22-36-23-20-31)25-30(35)32(24-28-12-7-21-37-28)16-15-27-10-5-2-6-11-27/h1-14,21H,15-20,22-25H2. The molecule has 0 saturated carbocycles. The van der Waals surface area contributed by atoms with Gasteiger partial charge in [0, 0.05) is 38.8 Å². The molecule has 2 aromatic carbocycles. The van der Waals surface area contributed by atoms with Gasteiger partial charge in [0.2, 0.25) is 11.8 Å². The Kier molecular flexibility index (Phi) is 10.1. The van der Waals surface area contributed by atoms with Gasteiger partial charge in [0.1, 0.15) is 12.3 Å². The highest BCUT2D eigenvalue weighted by Crippen LogP contribution is 2.10. The molecule has 1 aliphatic rings. The fraction of sp³-hybridized carbons (Fsp3) is 0.333. The van der Waals surface area contributed by atoms with Gasteiger partial charge in [-0.15, -0.1) is 0 Å². The summed E-state index contributed by atoms with van der Waals surface area (Å²) in [6.45, 7) is 5.13. The number of amides is 2. The number of ether oxygens (including phenoxy) is 1. The summed E-state index contributed by atoms with van der Waals surface area (Å²) < 4.78 is 11.0. The normalized spacial score (nSPS) is 14.1. The first-order valence-electron chi connectivity index (χ1n) is 12.8. The summed E-state index contributed by atoms with van der Waals surface area (Å²) in [7, 11) is 0. The molecule has 0 radical (unpaired) electrons. The van der Waals surface area contributed by atoms with Crippen molar-refractivity contribution in [2.24, 2.45) is 0 Å². The molecule has 0 spiro atoms. The number of carbonyl (C=O) groups excluding carboxylic acids is 2. The first kappa shape index (κ1) is 26.4. The fourth-order valence-corrected chi connectivity index (χ4v) is 4.25. The summed E-state index contributed by atoms with van der Waals surface area (Å²) in [5.74, 6) is 0.443. The number of hydrogen-bond donors (Lipinski definition) is 0. The highest BCUT2D eigenvalue weighted by atomic mass is 16.5. The van der Waals surface area contributed by atoms with E-state index in [1.807, 2.05) is 60.7 Å². The van der Waals surface area contributed by atoms with Crippen LogP contribution in [0.25, 0.3) is 6.08 Å². The molecular formula is C30H35N3O4. The summed E-state index contributed by atoms with van der Waals surface area (Å²) in [5, 5.41) is 0. The Bertz CT molecular complexity index is 1110. The van der Waals surface area contributed by atoms with Crippen LogP contribution in [0.3, 0.4) is 0 Å². The molecule has 7 nitrogen and oxygen atoms in total. The summed E-state index contributed by atoms with van der Waals surface area (Å²) >= 11 is 0. The van der Waals surface area contributed by atoms with Crippen molar-refractivity contribution in [2.75, 3.05) is 52.5 Å². The second-order valence-corrected chi connectivity index (χ2v) is 9.09. The van der Waals surface area contributed by atoms with E-state index in [1.165, 1.54) is 0 Å². The summed E-state index contributed by atoms with van der Waals surface area (Å²) in [5.41, 5.74) is 2.10. The molecular weight excluding hydrogens is 466 g/mol. The van der Waals surface area contributed by atoms with Crippen molar-refractivity contribution >= 4 is 17.9 Å². The lowest BCUT2D eigenvalue weighted by atomic mass is 10.1. The zero-order chi connectivity index (χ0) is 25.7. The monoisotopic (exact) mass is 501 g/mol. The molecule has 3 aromatic rings. The zero-order valence-corrected chi connectivity index (χ0v) is 21.2. The lowest BCUT2D eigenvalue weighted by Gasteiger charge is -2.31. The molecule has 0 unspecified atom stereocenters. The lowest BCUT2D eigenvalue weighted by Crippen LogP contribution is -2.47. The zero-order valence-electron chi connectivity index (χ0n) is 21.2. The van der Waals surface area contributed by atoms with Crippen LogP contribution in [0.4, 0.5) is 0 Å². The number of benzene rings is 2. The minimum atomic E-state index is -0.175. The van der Waals surface area contributed by atoms with Gasteiger partial charge in [-0.1, -0.05) is 60.7 Å². The van der Waals surface area contributed by atoms with E-state index >= 15 is 0 Å². The quantitative estimate of drug-likeness (QED) is 0.354. The molecule has 2 amide bonds. The van der Waals surface area contributed by atoms with Crippen LogP contribution in [0.1, 0.15) is 16.9 Å². The van der Waals surface area contributed by atoms with Gasteiger partial charge in [-0.2, -0.15) is 0 Å². The second-order valence-electron chi connectivity index (χ2n) is 9.09. The molecule has 1 aromatic heterocycles. The van der Waals surface area contributed by atoms with E-state index in [0.29, 0.717) is 39.4 Å². The molecule has 37 heavy (non-hydrogen) atoms. The number of morpholine rings is 1. The van der Waals surface area contributed by atoms with Gasteiger partial charge < -0.3 is 19.0 Å². The molecule has 1 fully saturated rings. The van der Waals surface area contributed by atoms with Crippen LogP contribution in [-0.4, -0.2) is 79.0 Å². The summed E-state index contributed by atoms with van der Waals surface area (Å²) in [4.78, 5) is 32.5. The number of carbonyl (C=O) groups is 2. The van der Waals surface area contributed by atoms with E-state index in [4.69, 9.17) is 9.15 Å². The van der Waals surface area contributed by atoms with Crippen LogP contribution in [0.5, 0.6) is 0 Å². The number of furan rings is 1. The minimum absolute atomic E-state index is 0.0117. The highest BCUT2D eigenvalue weighted by Gasteiger charge is 2.22. The predicted octanol–water partition coefficient (Wildman–Crippen LogP) is 3.73. The van der Waals surface area contributed by atoms with Gasteiger partial charge in [0.25, 0.3) is 0 Å². The average molecular weight is 502 g/mol. The number of hydrogen-bond acceptors (Lipinski definition) is 5. The van der Waals surface area contributed by atoms with E-state index < -0.39 is 0 Å². The Morgan fingerprint density at radius 1 is 0.865 bits per heavy atom. The third-order valence-electron chi connectivity index (χ3n) is 6.44. The number of rotatable bonds is 12. The maximum Gasteiger partial charge on any atom is 0.247 e. The van der Waals surface area contributed by atoms with E-state index in [1.54, 1.807) is 28.2 Å². The number of nitrogens with zero attached hydrogens (tertiary/aromatic N) is 3. The van der Waals surface area contributed by atoms with E-state index in [2.05, 4.69) is 17.0 Å². The van der Waals surface area contributed by atoms with Crippen LogP contribution in [-0.2, 0) is 27.3 Å². The smallest absolute Gasteiger partial charge is 0.247 e. The predicted molar refractivity (Wildman–Crippen MR) is 144 cm³/mol. The van der Waals surface area contributed by atoms with Gasteiger partial charge >= 0.3 is 0 Å². The van der Waals surface area contributed by atoms with Crippen molar-refractivity contribution in [2.45, 2.75) is 13.0 Å². The van der Waals surface area contributed by atoms with Crippen molar-refractivity contribution in [3.8, 4) is 0 Å². The Hall–Kier alpha value is -3.68. The topological polar surface area (TPSA) is 66.2 Å². The molecule has 0 bridgehead atoms. The van der Waals surface area contributed by atoms with Gasteiger partial charge in [-0.3, -0.25) is 14.5 Å². The molecule has 194 valence electrons. The van der Waals surface area contributed by atoms with Crippen LogP contribution in [0, 0.1) is 0 Å². The van der Waals surface area contributed by atoms with Crippen molar-refractivity contribution in [3.05, 3.63) is 102 Å². The van der Waals surface area contributed by atoms with Crippen LogP contribution in [0.2, 0.25) is 0 Å². The second kappa shape index (κ2) is 14.2. The SMILES string of the molecule is O=C(C=Cc1ccccc1)N(CCN1CCOCC1)CC(=O)N(CCc1ccccc1)Cc1ccco1. The third-order valence-corrected chi connectivity index (χ3v) is 6.44. The average Bonchev–Trinajstić information content (AvgIpc) is 3.47. The maximum atomic E-state index is 13.6. The first-order valence-corrected chi connectivity index (χ1v) is 12.8. The van der Waals surface area contributed by atoms with E-state index in [-0.39, 0.29) is 18.4 Å². The minimum Gasteiger partial charge on any atom is -0.467 e. The van der Waals surface area contributed by atoms with Gasteiger partial charge in [-0.25, -0.2) is 0 Å². The molecule has 7 heteroatoms. The largest absolute Gasteiger partial charge is 0.467 e. The Labute approximate surface area is 218 Å². The fourth-order valence-electron chi connectivity index (χ4n) is 4.25. The molecule has 1 saturated heterocycles. The van der Waals surface area contributed by atoms with Crippen LogP contribution in [0.15, 0.2) is 89.6 Å². The molecule has 2 heterocycles. The maximum absolute atomic E-state index is 13.6. The Morgan fingerprint density at radius 2 is 1.59 bits per heavy atom. The molecule has 0 N–H and O–H groups in total. The molecule has 0 atom stereocenters. The Balaban J connectivity index is 1.45. The van der Waals surface area contributed by atoms with Gasteiger partial charge in [0.05, 0.1) is 26.0 Å². The van der Waals surface area contributed by atoms with Crippen molar-refractivity contribution in [1.29, 1.82) is 0 Å². The molecule has 0 aliphatic carbocycles. The lowest BCUT2D eigenvalue weighted by molar-refractivity contribution is -0.139. The van der Waals surface area contributed by atoms with Crippen molar-refractivity contribution in [1.82, 2.24) is 14.7 Å². The third kappa shape index (κ3) is 8.74. The van der Waals surface area contributed by atoms with E-state index in [9.17, 15) is 9.59 Å². The van der Waals surface area contributed by atoms with Crippen molar-refractivity contribution in [3.63, 3.8) is 0 Å². The molecule has 1 aliphatic heterocycles. The molecule has 4 rings (SSSR count). The van der Waals surface area contributed by atoms with Crippen molar-refractivity contribution < 1.29 is 18.7 Å².